The van der Waals surface area contributed by atoms with E-state index in [1.807, 2.05) is 0 Å². The molecule has 15 heavy (non-hydrogen) atoms. The van der Waals surface area contributed by atoms with Crippen molar-refractivity contribution < 1.29 is 13.9 Å². The second-order valence-corrected chi connectivity index (χ2v) is 4.23. The fourth-order valence-corrected chi connectivity index (χ4v) is 2.36. The summed E-state index contributed by atoms with van der Waals surface area (Å²) in [5.41, 5.74) is 0. The first-order chi connectivity index (χ1) is 7.20. The van der Waals surface area contributed by atoms with Gasteiger partial charge in [0.05, 0.1) is 4.88 Å². The van der Waals surface area contributed by atoms with Crippen LogP contribution in [0.25, 0.3) is 10.1 Å². The van der Waals surface area contributed by atoms with Crippen molar-refractivity contribution in [2.24, 2.45) is 0 Å². The van der Waals surface area contributed by atoms with Gasteiger partial charge in [-0.3, -0.25) is 4.79 Å². The lowest BCUT2D eigenvalue weighted by Gasteiger charge is -1.92. The maximum Gasteiger partial charge on any atom is 0.198 e. The molecule has 2 rings (SSSR count). The molecular weight excluding hydrogens is 215 g/mol. The number of rotatable bonds is 3. The van der Waals surface area contributed by atoms with Crippen LogP contribution in [0.15, 0.2) is 24.3 Å². The molecule has 4 heteroatoms. The number of ketones is 1. The molecule has 0 N–H and O–H groups in total. The zero-order chi connectivity index (χ0) is 10.8. The van der Waals surface area contributed by atoms with Gasteiger partial charge in [0.1, 0.15) is 12.4 Å². The van der Waals surface area contributed by atoms with Crippen molar-refractivity contribution in [3.05, 3.63) is 35.0 Å². The molecule has 2 nitrogen and oxygen atoms in total. The quantitative estimate of drug-likeness (QED) is 0.749. The molecule has 0 saturated heterocycles. The topological polar surface area (TPSA) is 26.3 Å². The first kappa shape index (κ1) is 10.3. The predicted molar refractivity (Wildman–Crippen MR) is 58.0 cm³/mol. The Morgan fingerprint density at radius 3 is 3.00 bits per heavy atom. The average molecular weight is 224 g/mol. The molecule has 0 fully saturated rings. The molecule has 0 spiro atoms. The van der Waals surface area contributed by atoms with Gasteiger partial charge in [0, 0.05) is 11.8 Å². The standard InChI is InChI=1S/C11H9FO2S/c1-14-6-9(13)11-4-7-2-3-8(12)5-10(7)15-11/h2-5H,6H2,1H3. The van der Waals surface area contributed by atoms with E-state index in [4.69, 9.17) is 4.74 Å². The number of carbonyl (C=O) groups is 1. The van der Waals surface area contributed by atoms with Gasteiger partial charge in [-0.1, -0.05) is 6.07 Å². The minimum Gasteiger partial charge on any atom is -0.376 e. The third-order valence-electron chi connectivity index (χ3n) is 2.03. The van der Waals surface area contributed by atoms with E-state index in [-0.39, 0.29) is 18.2 Å². The van der Waals surface area contributed by atoms with Gasteiger partial charge in [0.15, 0.2) is 5.78 Å². The highest BCUT2D eigenvalue weighted by Crippen LogP contribution is 2.26. The zero-order valence-corrected chi connectivity index (χ0v) is 8.94. The SMILES string of the molecule is COCC(=O)c1cc2ccc(F)cc2s1. The molecule has 1 aromatic carbocycles. The smallest absolute Gasteiger partial charge is 0.198 e. The monoisotopic (exact) mass is 224 g/mol. The summed E-state index contributed by atoms with van der Waals surface area (Å²) in [6, 6.07) is 6.26. The van der Waals surface area contributed by atoms with Gasteiger partial charge in [0.25, 0.3) is 0 Å². The van der Waals surface area contributed by atoms with Crippen LogP contribution in [0.5, 0.6) is 0 Å². The summed E-state index contributed by atoms with van der Waals surface area (Å²) in [5.74, 6) is -0.353. The average Bonchev–Trinajstić information content (AvgIpc) is 2.60. The van der Waals surface area contributed by atoms with Crippen molar-refractivity contribution in [1.29, 1.82) is 0 Å². The Morgan fingerprint density at radius 1 is 1.47 bits per heavy atom. The summed E-state index contributed by atoms with van der Waals surface area (Å²) in [4.78, 5) is 12.1. The highest BCUT2D eigenvalue weighted by atomic mass is 32.1. The van der Waals surface area contributed by atoms with Crippen molar-refractivity contribution in [3.63, 3.8) is 0 Å². The summed E-state index contributed by atoms with van der Waals surface area (Å²) in [6.07, 6.45) is 0. The second kappa shape index (κ2) is 4.08. The first-order valence-electron chi connectivity index (χ1n) is 4.42. The molecule has 1 aromatic heterocycles. The Bertz CT molecular complexity index is 504. The van der Waals surface area contributed by atoms with Crippen molar-refractivity contribution in [2.45, 2.75) is 0 Å². The van der Waals surface area contributed by atoms with Crippen LogP contribution < -0.4 is 0 Å². The fourth-order valence-electron chi connectivity index (χ4n) is 1.34. The van der Waals surface area contributed by atoms with E-state index in [0.29, 0.717) is 4.88 Å². The number of thiophene rings is 1. The van der Waals surface area contributed by atoms with E-state index < -0.39 is 0 Å². The van der Waals surface area contributed by atoms with Crippen molar-refractivity contribution in [1.82, 2.24) is 0 Å². The maximum absolute atomic E-state index is 12.9. The van der Waals surface area contributed by atoms with Gasteiger partial charge in [0.2, 0.25) is 0 Å². The number of fused-ring (bicyclic) bond motifs is 1. The van der Waals surface area contributed by atoms with Crippen LogP contribution in [-0.2, 0) is 4.74 Å². The summed E-state index contributed by atoms with van der Waals surface area (Å²) in [5, 5.41) is 0.890. The number of methoxy groups -OCH3 is 1. The van der Waals surface area contributed by atoms with E-state index in [2.05, 4.69) is 0 Å². The summed E-state index contributed by atoms with van der Waals surface area (Å²) >= 11 is 1.29. The van der Waals surface area contributed by atoms with Crippen LogP contribution >= 0.6 is 11.3 Å². The molecule has 1 heterocycles. The second-order valence-electron chi connectivity index (χ2n) is 3.15. The van der Waals surface area contributed by atoms with Crippen LogP contribution in [0, 0.1) is 5.82 Å². The number of hydrogen-bond donors (Lipinski definition) is 0. The van der Waals surface area contributed by atoms with Gasteiger partial charge in [-0.2, -0.15) is 0 Å². The van der Waals surface area contributed by atoms with E-state index in [1.54, 1.807) is 12.1 Å². The Labute approximate surface area is 90.3 Å². The minimum absolute atomic E-state index is 0.0648. The molecule has 0 unspecified atom stereocenters. The van der Waals surface area contributed by atoms with E-state index >= 15 is 0 Å². The van der Waals surface area contributed by atoms with Crippen LogP contribution in [0.1, 0.15) is 9.67 Å². The molecular formula is C11H9FO2S. The largest absolute Gasteiger partial charge is 0.376 e. The molecule has 0 bridgehead atoms. The lowest BCUT2D eigenvalue weighted by molar-refractivity contribution is 0.0852. The molecule has 0 amide bonds. The van der Waals surface area contributed by atoms with Crippen LogP contribution in [0.3, 0.4) is 0 Å². The van der Waals surface area contributed by atoms with Crippen LogP contribution in [0.2, 0.25) is 0 Å². The van der Waals surface area contributed by atoms with E-state index in [1.165, 1.54) is 30.6 Å². The highest BCUT2D eigenvalue weighted by molar-refractivity contribution is 7.20. The normalized spacial score (nSPS) is 10.8. The van der Waals surface area contributed by atoms with Gasteiger partial charge in [-0.15, -0.1) is 11.3 Å². The number of carbonyl (C=O) groups excluding carboxylic acids is 1. The molecule has 0 saturated carbocycles. The summed E-state index contributed by atoms with van der Waals surface area (Å²) in [6.45, 7) is 0.0648. The third-order valence-corrected chi connectivity index (χ3v) is 3.17. The summed E-state index contributed by atoms with van der Waals surface area (Å²) in [7, 11) is 1.48. The fraction of sp³-hybridized carbons (Fsp3) is 0.182. The lowest BCUT2D eigenvalue weighted by Crippen LogP contribution is -2.04. The van der Waals surface area contributed by atoms with Gasteiger partial charge < -0.3 is 4.74 Å². The lowest BCUT2D eigenvalue weighted by atomic mass is 10.2. The number of benzene rings is 1. The number of Topliss-reactive ketones (excluding diaryl/α,β-unsaturated/α-hetero) is 1. The molecule has 0 aliphatic heterocycles. The first-order valence-corrected chi connectivity index (χ1v) is 5.23. The molecule has 0 aliphatic rings. The molecule has 2 aromatic rings. The Morgan fingerprint density at radius 2 is 2.27 bits per heavy atom. The minimum atomic E-state index is -0.282. The summed E-state index contributed by atoms with van der Waals surface area (Å²) < 4.78 is 18.4. The van der Waals surface area contributed by atoms with E-state index in [0.717, 1.165) is 10.1 Å². The van der Waals surface area contributed by atoms with E-state index in [9.17, 15) is 9.18 Å². The predicted octanol–water partition coefficient (Wildman–Crippen LogP) is 2.87. The van der Waals surface area contributed by atoms with Crippen LogP contribution in [0.4, 0.5) is 4.39 Å². The third kappa shape index (κ3) is 2.06. The Balaban J connectivity index is 2.42. The number of ether oxygens (including phenoxy) is 1. The van der Waals surface area contributed by atoms with Gasteiger partial charge in [-0.25, -0.2) is 4.39 Å². The van der Waals surface area contributed by atoms with Crippen molar-refractivity contribution in [3.8, 4) is 0 Å². The Kier molecular flexibility index (Phi) is 2.79. The van der Waals surface area contributed by atoms with Gasteiger partial charge >= 0.3 is 0 Å². The van der Waals surface area contributed by atoms with Crippen LogP contribution in [-0.4, -0.2) is 19.5 Å². The van der Waals surface area contributed by atoms with Gasteiger partial charge in [-0.05, 0) is 23.6 Å². The molecule has 78 valence electrons. The number of halogens is 1. The molecule has 0 aliphatic carbocycles. The van der Waals surface area contributed by atoms with Crippen molar-refractivity contribution in [2.75, 3.05) is 13.7 Å². The molecule has 0 radical (unpaired) electrons. The maximum atomic E-state index is 12.9. The highest BCUT2D eigenvalue weighted by Gasteiger charge is 2.10. The number of hydrogen-bond acceptors (Lipinski definition) is 3. The molecule has 0 atom stereocenters. The van der Waals surface area contributed by atoms with Crippen molar-refractivity contribution >= 4 is 27.2 Å². The Hall–Kier alpha value is -1.26. The zero-order valence-electron chi connectivity index (χ0n) is 8.12.